The van der Waals surface area contributed by atoms with Crippen LogP contribution >= 0.6 is 11.6 Å². The lowest BCUT2D eigenvalue weighted by Gasteiger charge is -2.28. The molecule has 2 aromatic rings. The molecule has 154 valence electrons. The number of halogens is 1. The van der Waals surface area contributed by atoms with Gasteiger partial charge in [0.25, 0.3) is 0 Å². The molecule has 1 aliphatic rings. The average molecular weight is 413 g/mol. The van der Waals surface area contributed by atoms with Crippen LogP contribution in [0.1, 0.15) is 44.2 Å². The summed E-state index contributed by atoms with van der Waals surface area (Å²) in [6.45, 7) is 5.09. The van der Waals surface area contributed by atoms with E-state index >= 15 is 0 Å². The molecule has 0 amide bonds. The third-order valence-electron chi connectivity index (χ3n) is 5.32. The highest BCUT2D eigenvalue weighted by Gasteiger charge is 2.27. The maximum Gasteiger partial charge on any atom is 0.167 e. The van der Waals surface area contributed by atoms with Crippen LogP contribution in [0.4, 0.5) is 0 Å². The average Bonchev–Trinajstić information content (AvgIpc) is 3.02. The van der Waals surface area contributed by atoms with Crippen LogP contribution in [0.15, 0.2) is 64.5 Å². The molecule has 2 aromatic carbocycles. The van der Waals surface area contributed by atoms with E-state index in [0.717, 1.165) is 40.5 Å². The standard InChI is InChI=1S/C22H29ClN6/c1-3-4-9-20-26-21(23)15(2)29(20)14-16-10-12-17(13-11-16)18-7-5-6-8-19(18)22(27-24)28-25/h5-8,10-13,20,26H,3-4,9,14,24-25H2,1-2H3,(H,27,28). The van der Waals surface area contributed by atoms with Gasteiger partial charge in [0.15, 0.2) is 5.84 Å². The molecule has 0 spiro atoms. The molecule has 0 saturated carbocycles. The number of hydrogen-bond donors (Lipinski definition) is 4. The van der Waals surface area contributed by atoms with Gasteiger partial charge in [0, 0.05) is 17.8 Å². The van der Waals surface area contributed by atoms with Crippen molar-refractivity contribution in [3.8, 4) is 11.1 Å². The van der Waals surface area contributed by atoms with Crippen LogP contribution in [-0.2, 0) is 6.54 Å². The summed E-state index contributed by atoms with van der Waals surface area (Å²) in [5, 5.41) is 7.90. The topological polar surface area (TPSA) is 91.7 Å². The number of rotatable bonds is 7. The second kappa shape index (κ2) is 9.67. The van der Waals surface area contributed by atoms with Crippen LogP contribution in [0.5, 0.6) is 0 Å². The summed E-state index contributed by atoms with van der Waals surface area (Å²) >= 11 is 6.37. The van der Waals surface area contributed by atoms with Gasteiger partial charge in [-0.05, 0) is 36.5 Å². The molecule has 3 rings (SSSR count). The number of amidine groups is 1. The Kier molecular flexibility index (Phi) is 7.01. The monoisotopic (exact) mass is 412 g/mol. The Bertz CT molecular complexity index is 890. The first kappa shape index (κ1) is 21.0. The van der Waals surface area contributed by atoms with Crippen molar-refractivity contribution in [3.05, 3.63) is 70.5 Å². The SMILES string of the molecule is CCCCC1NC(Cl)=C(C)N1Cc1ccc(-c2ccccc2C(=NN)NN)cc1. The maximum absolute atomic E-state index is 6.37. The number of benzene rings is 2. The summed E-state index contributed by atoms with van der Waals surface area (Å²) in [5.74, 6) is 11.5. The summed E-state index contributed by atoms with van der Waals surface area (Å²) in [4.78, 5) is 2.35. The van der Waals surface area contributed by atoms with Gasteiger partial charge in [0.05, 0.1) is 6.17 Å². The summed E-state index contributed by atoms with van der Waals surface area (Å²) in [7, 11) is 0. The van der Waals surface area contributed by atoms with Crippen molar-refractivity contribution in [3.63, 3.8) is 0 Å². The van der Waals surface area contributed by atoms with E-state index in [2.05, 4.69) is 58.9 Å². The molecular formula is C22H29ClN6. The van der Waals surface area contributed by atoms with E-state index < -0.39 is 0 Å². The molecule has 0 bridgehead atoms. The number of nitrogens with one attached hydrogen (secondary N) is 2. The van der Waals surface area contributed by atoms with Crippen LogP contribution in [0.2, 0.25) is 0 Å². The minimum absolute atomic E-state index is 0.252. The zero-order valence-corrected chi connectivity index (χ0v) is 17.7. The molecular weight excluding hydrogens is 384 g/mol. The Morgan fingerprint density at radius 2 is 1.93 bits per heavy atom. The smallest absolute Gasteiger partial charge is 0.167 e. The van der Waals surface area contributed by atoms with Gasteiger partial charge in [-0.3, -0.25) is 0 Å². The van der Waals surface area contributed by atoms with Crippen LogP contribution < -0.4 is 22.4 Å². The van der Waals surface area contributed by atoms with Crippen molar-refractivity contribution in [2.24, 2.45) is 16.8 Å². The molecule has 29 heavy (non-hydrogen) atoms. The largest absolute Gasteiger partial charge is 0.354 e. The van der Waals surface area contributed by atoms with Crippen molar-refractivity contribution >= 4 is 17.4 Å². The van der Waals surface area contributed by atoms with Crippen LogP contribution in [0.25, 0.3) is 11.1 Å². The van der Waals surface area contributed by atoms with E-state index in [1.165, 1.54) is 18.4 Å². The molecule has 1 atom stereocenters. The minimum Gasteiger partial charge on any atom is -0.354 e. The highest BCUT2D eigenvalue weighted by molar-refractivity contribution is 6.29. The fourth-order valence-corrected chi connectivity index (χ4v) is 3.89. The fraction of sp³-hybridized carbons (Fsp3) is 0.318. The Labute approximate surface area is 177 Å². The number of hydrazine groups is 1. The van der Waals surface area contributed by atoms with Gasteiger partial charge < -0.3 is 21.5 Å². The quantitative estimate of drug-likeness (QED) is 0.182. The van der Waals surface area contributed by atoms with E-state index in [4.69, 9.17) is 23.3 Å². The number of hydrazone groups is 1. The first-order chi connectivity index (χ1) is 14.1. The van der Waals surface area contributed by atoms with Crippen molar-refractivity contribution in [2.45, 2.75) is 45.8 Å². The lowest BCUT2D eigenvalue weighted by molar-refractivity contribution is 0.235. The molecule has 7 heteroatoms. The van der Waals surface area contributed by atoms with Crippen molar-refractivity contribution < 1.29 is 0 Å². The summed E-state index contributed by atoms with van der Waals surface area (Å²) in [5.41, 5.74) is 7.84. The van der Waals surface area contributed by atoms with E-state index in [9.17, 15) is 0 Å². The van der Waals surface area contributed by atoms with Crippen molar-refractivity contribution in [1.29, 1.82) is 0 Å². The zero-order valence-electron chi connectivity index (χ0n) is 17.0. The number of allylic oxidation sites excluding steroid dienone is 1. The summed E-state index contributed by atoms with van der Waals surface area (Å²) in [6.07, 6.45) is 3.66. The molecule has 0 saturated heterocycles. The molecule has 6 N–H and O–H groups in total. The molecule has 0 fully saturated rings. The Morgan fingerprint density at radius 1 is 1.21 bits per heavy atom. The highest BCUT2D eigenvalue weighted by Crippen LogP contribution is 2.29. The predicted octanol–water partition coefficient (Wildman–Crippen LogP) is 3.79. The third-order valence-corrected chi connectivity index (χ3v) is 5.70. The third kappa shape index (κ3) is 4.66. The van der Waals surface area contributed by atoms with E-state index in [-0.39, 0.29) is 6.17 Å². The Balaban J connectivity index is 1.81. The normalized spacial score (nSPS) is 16.9. The van der Waals surface area contributed by atoms with E-state index in [0.29, 0.717) is 5.84 Å². The number of nitrogens with zero attached hydrogens (tertiary/aromatic N) is 2. The summed E-state index contributed by atoms with van der Waals surface area (Å²) < 4.78 is 0. The lowest BCUT2D eigenvalue weighted by Crippen LogP contribution is -2.36. The lowest BCUT2D eigenvalue weighted by atomic mass is 9.98. The second-order valence-electron chi connectivity index (χ2n) is 7.19. The number of hydrogen-bond acceptors (Lipinski definition) is 5. The van der Waals surface area contributed by atoms with Gasteiger partial charge >= 0.3 is 0 Å². The summed E-state index contributed by atoms with van der Waals surface area (Å²) in [6, 6.07) is 16.4. The Morgan fingerprint density at radius 3 is 2.59 bits per heavy atom. The predicted molar refractivity (Wildman–Crippen MR) is 120 cm³/mol. The van der Waals surface area contributed by atoms with E-state index in [1.54, 1.807) is 0 Å². The van der Waals surface area contributed by atoms with Gasteiger partial charge in [-0.2, -0.15) is 5.10 Å². The number of nitrogens with two attached hydrogens (primary N) is 2. The molecule has 1 aliphatic heterocycles. The molecule has 0 aromatic heterocycles. The van der Waals surface area contributed by atoms with Gasteiger partial charge in [-0.15, -0.1) is 0 Å². The van der Waals surface area contributed by atoms with Gasteiger partial charge in [-0.1, -0.05) is 73.5 Å². The van der Waals surface area contributed by atoms with E-state index in [1.807, 2.05) is 24.3 Å². The molecule has 0 aliphatic carbocycles. The van der Waals surface area contributed by atoms with Crippen molar-refractivity contribution in [2.75, 3.05) is 0 Å². The molecule has 6 nitrogen and oxygen atoms in total. The first-order valence-electron chi connectivity index (χ1n) is 9.91. The minimum atomic E-state index is 0.252. The molecule has 0 radical (unpaired) electrons. The van der Waals surface area contributed by atoms with Gasteiger partial charge in [0.1, 0.15) is 5.16 Å². The maximum atomic E-state index is 6.37. The van der Waals surface area contributed by atoms with Crippen LogP contribution in [0.3, 0.4) is 0 Å². The number of unbranched alkanes of at least 4 members (excludes halogenated alkanes) is 1. The van der Waals surface area contributed by atoms with Crippen molar-refractivity contribution in [1.82, 2.24) is 15.6 Å². The van der Waals surface area contributed by atoms with Crippen LogP contribution in [-0.4, -0.2) is 16.9 Å². The van der Waals surface area contributed by atoms with Gasteiger partial charge in [0.2, 0.25) is 0 Å². The Hall–Kier alpha value is -2.70. The zero-order chi connectivity index (χ0) is 20.8. The first-order valence-corrected chi connectivity index (χ1v) is 10.3. The fourth-order valence-electron chi connectivity index (χ4n) is 3.66. The highest BCUT2D eigenvalue weighted by atomic mass is 35.5. The molecule has 1 unspecified atom stereocenters. The second-order valence-corrected chi connectivity index (χ2v) is 7.57. The molecule has 1 heterocycles. The van der Waals surface area contributed by atoms with Gasteiger partial charge in [-0.25, -0.2) is 5.84 Å². The van der Waals surface area contributed by atoms with Crippen LogP contribution in [0, 0.1) is 0 Å².